The maximum absolute atomic E-state index is 11.5. The molecule has 0 saturated carbocycles. The number of rotatable bonds is 2. The van der Waals surface area contributed by atoms with Crippen LogP contribution in [0.1, 0.15) is 10.4 Å². The Morgan fingerprint density at radius 3 is 2.53 bits per heavy atom. The van der Waals surface area contributed by atoms with Gasteiger partial charge in [-0.25, -0.2) is 9.78 Å². The third-order valence-corrected chi connectivity index (χ3v) is 3.20. The van der Waals surface area contributed by atoms with Crippen LogP contribution in [0, 0.1) is 0 Å². The van der Waals surface area contributed by atoms with E-state index in [4.69, 9.17) is 28.9 Å². The Hall–Kier alpha value is -1.78. The predicted molar refractivity (Wildman–Crippen MR) is 75.4 cm³/mol. The molecule has 0 spiro atoms. The quantitative estimate of drug-likeness (QED) is 0.862. The lowest BCUT2D eigenvalue weighted by molar-refractivity contribution is 0.0600. The van der Waals surface area contributed by atoms with E-state index in [1.54, 1.807) is 24.3 Å². The highest BCUT2D eigenvalue weighted by Gasteiger charge is 2.15. The van der Waals surface area contributed by atoms with Gasteiger partial charge in [-0.1, -0.05) is 29.3 Å². The number of nitrogens with two attached hydrogens (primary N) is 1. The molecule has 6 heteroatoms. The highest BCUT2D eigenvalue weighted by atomic mass is 35.5. The Balaban J connectivity index is 2.65. The van der Waals surface area contributed by atoms with E-state index >= 15 is 0 Å². The molecule has 0 saturated heterocycles. The standard InChI is InChI=1S/C13H10Cl2N2O2/c1-19-13(18)7-5-8(12(16)17-6-7)11-9(14)3-2-4-10(11)15/h2-6H,1H3,(H2,16,17). The van der Waals surface area contributed by atoms with Gasteiger partial charge in [0.05, 0.1) is 22.7 Å². The Morgan fingerprint density at radius 2 is 1.95 bits per heavy atom. The molecule has 1 aromatic carbocycles. The van der Waals surface area contributed by atoms with Gasteiger partial charge in [-0.05, 0) is 18.2 Å². The molecule has 0 fully saturated rings. The summed E-state index contributed by atoms with van der Waals surface area (Å²) in [7, 11) is 1.29. The number of methoxy groups -OCH3 is 1. The molecule has 98 valence electrons. The number of pyridine rings is 1. The number of nitrogens with zero attached hydrogens (tertiary/aromatic N) is 1. The molecule has 0 unspecified atom stereocenters. The van der Waals surface area contributed by atoms with Gasteiger partial charge in [0, 0.05) is 17.3 Å². The summed E-state index contributed by atoms with van der Waals surface area (Å²) in [5, 5.41) is 0.867. The van der Waals surface area contributed by atoms with Gasteiger partial charge in [0.1, 0.15) is 5.82 Å². The predicted octanol–water partition coefficient (Wildman–Crippen LogP) is 3.42. The number of ether oxygens (including phenoxy) is 1. The van der Waals surface area contributed by atoms with E-state index in [-0.39, 0.29) is 11.4 Å². The molecule has 2 rings (SSSR count). The molecule has 0 aliphatic heterocycles. The zero-order valence-electron chi connectivity index (χ0n) is 9.98. The van der Waals surface area contributed by atoms with Crippen LogP contribution >= 0.6 is 23.2 Å². The molecular weight excluding hydrogens is 287 g/mol. The fourth-order valence-corrected chi connectivity index (χ4v) is 2.26. The lowest BCUT2D eigenvalue weighted by Gasteiger charge is -2.10. The maximum Gasteiger partial charge on any atom is 0.339 e. The summed E-state index contributed by atoms with van der Waals surface area (Å²) < 4.78 is 4.64. The molecule has 4 nitrogen and oxygen atoms in total. The van der Waals surface area contributed by atoms with Gasteiger partial charge in [-0.3, -0.25) is 0 Å². The van der Waals surface area contributed by atoms with Crippen molar-refractivity contribution in [2.75, 3.05) is 12.8 Å². The third-order valence-electron chi connectivity index (χ3n) is 2.57. The minimum Gasteiger partial charge on any atom is -0.465 e. The highest BCUT2D eigenvalue weighted by Crippen LogP contribution is 2.37. The fourth-order valence-electron chi connectivity index (χ4n) is 1.66. The maximum atomic E-state index is 11.5. The summed E-state index contributed by atoms with van der Waals surface area (Å²) >= 11 is 12.2. The highest BCUT2D eigenvalue weighted by molar-refractivity contribution is 6.39. The molecule has 0 bridgehead atoms. The molecule has 0 radical (unpaired) electrons. The van der Waals surface area contributed by atoms with Gasteiger partial charge in [-0.15, -0.1) is 0 Å². The van der Waals surface area contributed by atoms with Crippen LogP contribution in [0.2, 0.25) is 10.0 Å². The third kappa shape index (κ3) is 2.64. The van der Waals surface area contributed by atoms with Gasteiger partial charge >= 0.3 is 5.97 Å². The van der Waals surface area contributed by atoms with E-state index in [2.05, 4.69) is 9.72 Å². The molecule has 0 aliphatic rings. The lowest BCUT2D eigenvalue weighted by atomic mass is 10.0. The molecule has 1 aromatic heterocycles. The van der Waals surface area contributed by atoms with E-state index in [1.165, 1.54) is 13.3 Å². The summed E-state index contributed by atoms with van der Waals surface area (Å²) in [5.74, 6) is -0.264. The Kier molecular flexibility index (Phi) is 3.93. The average Bonchev–Trinajstić information content (AvgIpc) is 2.39. The first-order valence-corrected chi connectivity index (χ1v) is 6.08. The Labute approximate surface area is 120 Å². The zero-order chi connectivity index (χ0) is 14.0. The summed E-state index contributed by atoms with van der Waals surface area (Å²) in [6.07, 6.45) is 1.34. The van der Waals surface area contributed by atoms with Crippen LogP contribution in [-0.4, -0.2) is 18.1 Å². The SMILES string of the molecule is COC(=O)c1cnc(N)c(-c2c(Cl)cccc2Cl)c1. The van der Waals surface area contributed by atoms with Crippen molar-refractivity contribution >= 4 is 35.0 Å². The first kappa shape index (κ1) is 13.6. The minimum atomic E-state index is -0.503. The zero-order valence-corrected chi connectivity index (χ0v) is 11.5. The van der Waals surface area contributed by atoms with Crippen LogP contribution in [0.25, 0.3) is 11.1 Å². The topological polar surface area (TPSA) is 65.2 Å². The van der Waals surface area contributed by atoms with Crippen molar-refractivity contribution in [3.63, 3.8) is 0 Å². The van der Waals surface area contributed by atoms with Gasteiger partial charge in [0.2, 0.25) is 0 Å². The van der Waals surface area contributed by atoms with Crippen LogP contribution in [0.3, 0.4) is 0 Å². The molecule has 0 atom stereocenters. The second-order valence-electron chi connectivity index (χ2n) is 3.75. The van der Waals surface area contributed by atoms with Crippen molar-refractivity contribution in [1.29, 1.82) is 0 Å². The molecule has 0 aliphatic carbocycles. The van der Waals surface area contributed by atoms with E-state index < -0.39 is 5.97 Å². The summed E-state index contributed by atoms with van der Waals surface area (Å²) in [4.78, 5) is 15.5. The first-order chi connectivity index (χ1) is 9.04. The van der Waals surface area contributed by atoms with Crippen molar-refractivity contribution in [2.24, 2.45) is 0 Å². The number of benzene rings is 1. The molecule has 0 amide bonds. The second kappa shape index (κ2) is 5.47. The van der Waals surface area contributed by atoms with E-state index in [1.807, 2.05) is 0 Å². The number of halogens is 2. The summed E-state index contributed by atoms with van der Waals surface area (Å²) in [5.41, 5.74) is 7.14. The van der Waals surface area contributed by atoms with Gasteiger partial charge in [-0.2, -0.15) is 0 Å². The molecular formula is C13H10Cl2N2O2. The Morgan fingerprint density at radius 1 is 1.32 bits per heavy atom. The average molecular weight is 297 g/mol. The number of hydrogen-bond acceptors (Lipinski definition) is 4. The normalized spacial score (nSPS) is 10.3. The van der Waals surface area contributed by atoms with Gasteiger partial charge in [0.15, 0.2) is 0 Å². The number of anilines is 1. The van der Waals surface area contributed by atoms with Gasteiger partial charge in [0.25, 0.3) is 0 Å². The van der Waals surface area contributed by atoms with Crippen molar-refractivity contribution in [3.8, 4) is 11.1 Å². The number of carbonyl (C=O) groups excluding carboxylic acids is 1. The number of hydrogen-bond donors (Lipinski definition) is 1. The number of carbonyl (C=O) groups is 1. The van der Waals surface area contributed by atoms with Crippen molar-refractivity contribution in [2.45, 2.75) is 0 Å². The number of esters is 1. The van der Waals surface area contributed by atoms with E-state index in [0.717, 1.165) is 0 Å². The number of nitrogen functional groups attached to an aromatic ring is 1. The lowest BCUT2D eigenvalue weighted by Crippen LogP contribution is -2.04. The van der Waals surface area contributed by atoms with E-state index in [9.17, 15) is 4.79 Å². The number of aromatic nitrogens is 1. The molecule has 2 N–H and O–H groups in total. The summed E-state index contributed by atoms with van der Waals surface area (Å²) in [6, 6.07) is 6.66. The van der Waals surface area contributed by atoms with Crippen LogP contribution in [0.4, 0.5) is 5.82 Å². The van der Waals surface area contributed by atoms with Crippen LogP contribution in [0.15, 0.2) is 30.5 Å². The Bertz CT molecular complexity index is 624. The van der Waals surface area contributed by atoms with Crippen LogP contribution in [-0.2, 0) is 4.74 Å². The molecule has 1 heterocycles. The first-order valence-electron chi connectivity index (χ1n) is 5.32. The largest absolute Gasteiger partial charge is 0.465 e. The fraction of sp³-hybridized carbons (Fsp3) is 0.0769. The van der Waals surface area contributed by atoms with Crippen LogP contribution in [0.5, 0.6) is 0 Å². The minimum absolute atomic E-state index is 0.239. The second-order valence-corrected chi connectivity index (χ2v) is 4.56. The van der Waals surface area contributed by atoms with Gasteiger partial charge < -0.3 is 10.5 Å². The van der Waals surface area contributed by atoms with Crippen LogP contribution < -0.4 is 5.73 Å². The molecule has 19 heavy (non-hydrogen) atoms. The summed E-state index contributed by atoms with van der Waals surface area (Å²) in [6.45, 7) is 0. The smallest absolute Gasteiger partial charge is 0.339 e. The molecule has 2 aromatic rings. The van der Waals surface area contributed by atoms with E-state index in [0.29, 0.717) is 21.2 Å². The van der Waals surface area contributed by atoms with Crippen molar-refractivity contribution in [1.82, 2.24) is 4.98 Å². The monoisotopic (exact) mass is 296 g/mol. The van der Waals surface area contributed by atoms with Crippen molar-refractivity contribution < 1.29 is 9.53 Å². The van der Waals surface area contributed by atoms with Crippen molar-refractivity contribution in [3.05, 3.63) is 46.1 Å².